The van der Waals surface area contributed by atoms with Gasteiger partial charge in [-0.1, -0.05) is 11.6 Å². The van der Waals surface area contributed by atoms with Crippen molar-refractivity contribution in [2.45, 2.75) is 12.5 Å². The van der Waals surface area contributed by atoms with Crippen LogP contribution in [0, 0.1) is 5.82 Å². The van der Waals surface area contributed by atoms with Crippen LogP contribution < -0.4 is 5.32 Å². The van der Waals surface area contributed by atoms with E-state index in [-0.39, 0.29) is 41.5 Å². The standard InChI is InChI=1S/C14H13ClFN3O3/c15-11-5-8(16)1-2-10(11)13(21)18-4-3-9(7-18)19-12(20)6-17-14(19)22/h1-2,5,9H,3-4,6-7H2,(H,17,22). The van der Waals surface area contributed by atoms with E-state index in [4.69, 9.17) is 11.6 Å². The van der Waals surface area contributed by atoms with E-state index in [0.29, 0.717) is 13.0 Å². The molecule has 6 nitrogen and oxygen atoms in total. The summed E-state index contributed by atoms with van der Waals surface area (Å²) in [7, 11) is 0. The Morgan fingerprint density at radius 3 is 2.77 bits per heavy atom. The Balaban J connectivity index is 1.73. The number of hydrogen-bond donors (Lipinski definition) is 1. The smallest absolute Gasteiger partial charge is 0.324 e. The summed E-state index contributed by atoms with van der Waals surface area (Å²) in [5.41, 5.74) is 0.209. The zero-order valence-corrected chi connectivity index (χ0v) is 12.3. The molecule has 3 rings (SSSR count). The fourth-order valence-corrected chi connectivity index (χ4v) is 3.02. The number of carbonyl (C=O) groups is 3. The first-order valence-electron chi connectivity index (χ1n) is 6.81. The van der Waals surface area contributed by atoms with Gasteiger partial charge in [0.1, 0.15) is 5.82 Å². The largest absolute Gasteiger partial charge is 0.336 e. The lowest BCUT2D eigenvalue weighted by molar-refractivity contribution is -0.126. The summed E-state index contributed by atoms with van der Waals surface area (Å²) in [5, 5.41) is 2.50. The molecule has 2 aliphatic rings. The van der Waals surface area contributed by atoms with Crippen molar-refractivity contribution >= 4 is 29.4 Å². The number of benzene rings is 1. The lowest BCUT2D eigenvalue weighted by Gasteiger charge is -2.21. The molecular formula is C14H13ClFN3O3. The van der Waals surface area contributed by atoms with Gasteiger partial charge in [0.15, 0.2) is 0 Å². The van der Waals surface area contributed by atoms with E-state index in [1.165, 1.54) is 21.9 Å². The van der Waals surface area contributed by atoms with Crippen LogP contribution in [-0.2, 0) is 4.79 Å². The van der Waals surface area contributed by atoms with Gasteiger partial charge in [-0.3, -0.25) is 14.5 Å². The van der Waals surface area contributed by atoms with Gasteiger partial charge < -0.3 is 10.2 Å². The van der Waals surface area contributed by atoms with Crippen LogP contribution in [0.2, 0.25) is 5.02 Å². The molecule has 1 aromatic carbocycles. The molecule has 116 valence electrons. The molecule has 2 saturated heterocycles. The Hall–Kier alpha value is -2.15. The molecule has 8 heteroatoms. The molecule has 1 N–H and O–H groups in total. The third-order valence-corrected chi connectivity index (χ3v) is 4.17. The van der Waals surface area contributed by atoms with Crippen molar-refractivity contribution in [3.8, 4) is 0 Å². The van der Waals surface area contributed by atoms with E-state index >= 15 is 0 Å². The van der Waals surface area contributed by atoms with Gasteiger partial charge in [0.25, 0.3) is 5.91 Å². The van der Waals surface area contributed by atoms with E-state index in [1.54, 1.807) is 0 Å². The molecule has 1 atom stereocenters. The summed E-state index contributed by atoms with van der Waals surface area (Å²) in [6.45, 7) is 0.660. The normalized spacial score (nSPS) is 21.5. The number of nitrogens with zero attached hydrogens (tertiary/aromatic N) is 2. The first-order chi connectivity index (χ1) is 10.5. The Kier molecular flexibility index (Phi) is 3.74. The molecule has 0 bridgehead atoms. The van der Waals surface area contributed by atoms with E-state index in [2.05, 4.69) is 5.32 Å². The number of hydrogen-bond acceptors (Lipinski definition) is 3. The highest BCUT2D eigenvalue weighted by atomic mass is 35.5. The molecule has 2 fully saturated rings. The van der Waals surface area contributed by atoms with Crippen LogP contribution >= 0.6 is 11.6 Å². The quantitative estimate of drug-likeness (QED) is 0.832. The number of imide groups is 1. The van der Waals surface area contributed by atoms with Gasteiger partial charge in [0.2, 0.25) is 5.91 Å². The maximum atomic E-state index is 13.0. The number of nitrogens with one attached hydrogen (secondary N) is 1. The molecule has 2 heterocycles. The minimum atomic E-state index is -0.514. The summed E-state index contributed by atoms with van der Waals surface area (Å²) in [6.07, 6.45) is 0.518. The van der Waals surface area contributed by atoms with Gasteiger partial charge in [-0.25, -0.2) is 9.18 Å². The number of likely N-dealkylation sites (tertiary alicyclic amines) is 1. The first-order valence-corrected chi connectivity index (χ1v) is 7.19. The number of urea groups is 1. The second-order valence-corrected chi connectivity index (χ2v) is 5.65. The molecule has 1 aromatic rings. The van der Waals surface area contributed by atoms with Crippen LogP contribution in [0.1, 0.15) is 16.8 Å². The molecule has 0 radical (unpaired) electrons. The van der Waals surface area contributed by atoms with Crippen molar-refractivity contribution < 1.29 is 18.8 Å². The average molecular weight is 326 g/mol. The predicted molar refractivity (Wildman–Crippen MR) is 76.0 cm³/mol. The monoisotopic (exact) mass is 325 g/mol. The zero-order chi connectivity index (χ0) is 15.9. The van der Waals surface area contributed by atoms with E-state index < -0.39 is 11.8 Å². The van der Waals surface area contributed by atoms with Crippen LogP contribution in [0.4, 0.5) is 9.18 Å². The van der Waals surface area contributed by atoms with Gasteiger partial charge in [-0.15, -0.1) is 0 Å². The minimum absolute atomic E-state index is 0.00687. The molecule has 2 aliphatic heterocycles. The topological polar surface area (TPSA) is 69.7 Å². The highest BCUT2D eigenvalue weighted by molar-refractivity contribution is 6.33. The number of amides is 4. The van der Waals surface area contributed by atoms with Crippen molar-refractivity contribution in [2.75, 3.05) is 19.6 Å². The van der Waals surface area contributed by atoms with Gasteiger partial charge >= 0.3 is 6.03 Å². The van der Waals surface area contributed by atoms with Crippen LogP contribution in [0.15, 0.2) is 18.2 Å². The van der Waals surface area contributed by atoms with Crippen molar-refractivity contribution in [3.63, 3.8) is 0 Å². The molecule has 0 aromatic heterocycles. The van der Waals surface area contributed by atoms with Gasteiger partial charge in [-0.2, -0.15) is 0 Å². The van der Waals surface area contributed by atoms with Crippen molar-refractivity contribution in [2.24, 2.45) is 0 Å². The molecule has 1 unspecified atom stereocenters. The third-order valence-electron chi connectivity index (χ3n) is 3.86. The second kappa shape index (κ2) is 5.57. The second-order valence-electron chi connectivity index (χ2n) is 5.24. The van der Waals surface area contributed by atoms with Crippen LogP contribution in [-0.4, -0.2) is 53.3 Å². The Morgan fingerprint density at radius 2 is 2.14 bits per heavy atom. The maximum absolute atomic E-state index is 13.0. The molecule has 0 spiro atoms. The average Bonchev–Trinajstić information content (AvgIpc) is 3.05. The molecular weight excluding hydrogens is 313 g/mol. The fourth-order valence-electron chi connectivity index (χ4n) is 2.77. The highest BCUT2D eigenvalue weighted by Crippen LogP contribution is 2.23. The van der Waals surface area contributed by atoms with Crippen LogP contribution in [0.5, 0.6) is 0 Å². The minimum Gasteiger partial charge on any atom is -0.336 e. The maximum Gasteiger partial charge on any atom is 0.324 e. The molecule has 4 amide bonds. The van der Waals surface area contributed by atoms with Crippen molar-refractivity contribution in [1.82, 2.24) is 15.1 Å². The zero-order valence-electron chi connectivity index (χ0n) is 11.5. The van der Waals surface area contributed by atoms with Crippen LogP contribution in [0.3, 0.4) is 0 Å². The predicted octanol–water partition coefficient (Wildman–Crippen LogP) is 1.25. The van der Waals surface area contributed by atoms with Gasteiger partial charge in [0.05, 0.1) is 23.2 Å². The van der Waals surface area contributed by atoms with Gasteiger partial charge in [-0.05, 0) is 24.6 Å². The molecule has 0 saturated carbocycles. The lowest BCUT2D eigenvalue weighted by atomic mass is 10.2. The molecule has 22 heavy (non-hydrogen) atoms. The van der Waals surface area contributed by atoms with Gasteiger partial charge in [0, 0.05) is 13.1 Å². The molecule has 0 aliphatic carbocycles. The summed E-state index contributed by atoms with van der Waals surface area (Å²) in [6, 6.07) is 2.83. The Labute approximate surface area is 130 Å². The highest BCUT2D eigenvalue weighted by Gasteiger charge is 2.39. The van der Waals surface area contributed by atoms with E-state index in [1.807, 2.05) is 0 Å². The number of rotatable bonds is 2. The Bertz CT molecular complexity index is 651. The summed E-state index contributed by atoms with van der Waals surface area (Å²) in [5.74, 6) is -1.14. The van der Waals surface area contributed by atoms with Crippen LogP contribution in [0.25, 0.3) is 0 Å². The third kappa shape index (κ3) is 2.52. The fraction of sp³-hybridized carbons (Fsp3) is 0.357. The first kappa shape index (κ1) is 14.8. The van der Waals surface area contributed by atoms with E-state index in [0.717, 1.165) is 6.07 Å². The summed E-state index contributed by atoms with van der Waals surface area (Å²) in [4.78, 5) is 38.4. The Morgan fingerprint density at radius 1 is 1.36 bits per heavy atom. The van der Waals surface area contributed by atoms with Crippen molar-refractivity contribution in [1.29, 1.82) is 0 Å². The number of carbonyl (C=O) groups excluding carboxylic acids is 3. The summed E-state index contributed by atoms with van der Waals surface area (Å²) >= 11 is 5.90. The van der Waals surface area contributed by atoms with E-state index in [9.17, 15) is 18.8 Å². The SMILES string of the molecule is O=C(c1ccc(F)cc1Cl)N1CCC(N2C(=O)CNC2=O)C1. The lowest BCUT2D eigenvalue weighted by Crippen LogP contribution is -2.42. The van der Waals surface area contributed by atoms with Crippen molar-refractivity contribution in [3.05, 3.63) is 34.6 Å². The number of halogens is 2. The summed E-state index contributed by atoms with van der Waals surface area (Å²) < 4.78 is 13.0.